The molecule has 0 saturated carbocycles. The minimum atomic E-state index is -0.111. The minimum Gasteiger partial charge on any atom is -0.496 e. The van der Waals surface area contributed by atoms with Gasteiger partial charge in [0.25, 0.3) is 5.56 Å². The molecule has 0 amide bonds. The molecule has 0 saturated heterocycles. The average molecular weight is 390 g/mol. The van der Waals surface area contributed by atoms with Crippen LogP contribution >= 0.6 is 11.3 Å². The zero-order valence-electron chi connectivity index (χ0n) is 15.5. The van der Waals surface area contributed by atoms with Crippen molar-refractivity contribution in [1.29, 1.82) is 0 Å². The van der Waals surface area contributed by atoms with Gasteiger partial charge in [0.05, 0.1) is 25.4 Å². The maximum Gasteiger partial charge on any atom is 0.263 e. The Morgan fingerprint density at radius 3 is 2.68 bits per heavy atom. The summed E-state index contributed by atoms with van der Waals surface area (Å²) in [7, 11) is 1.57. The van der Waals surface area contributed by atoms with Gasteiger partial charge >= 0.3 is 0 Å². The van der Waals surface area contributed by atoms with Crippen LogP contribution in [0.3, 0.4) is 0 Å². The molecule has 0 spiro atoms. The summed E-state index contributed by atoms with van der Waals surface area (Å²) >= 11 is 1.46. The number of thiophene rings is 1. The Balaban J connectivity index is 1.83. The van der Waals surface area contributed by atoms with E-state index in [1.165, 1.54) is 16.9 Å². The Morgan fingerprint density at radius 1 is 1.18 bits per heavy atom. The van der Waals surface area contributed by atoms with Crippen molar-refractivity contribution in [2.24, 2.45) is 0 Å². The van der Waals surface area contributed by atoms with Gasteiger partial charge in [0.2, 0.25) is 0 Å². The molecular weight excluding hydrogens is 372 g/mol. The molecule has 0 fully saturated rings. The lowest BCUT2D eigenvalue weighted by Crippen LogP contribution is -2.21. The first-order chi connectivity index (χ1) is 13.6. The van der Waals surface area contributed by atoms with Gasteiger partial charge in [0.15, 0.2) is 0 Å². The molecule has 0 unspecified atom stereocenters. The second-order valence-electron chi connectivity index (χ2n) is 6.56. The molecule has 2 heterocycles. The van der Waals surface area contributed by atoms with Crippen LogP contribution in [0.4, 0.5) is 0 Å². The molecule has 0 aliphatic rings. The van der Waals surface area contributed by atoms with E-state index in [1.807, 2.05) is 36.6 Å². The van der Waals surface area contributed by atoms with Crippen LogP contribution in [0.2, 0.25) is 0 Å². The SMILES string of the molecule is COc1ccc(C=O)cc1Cn1cnc2scc(-c3ccc(C)cc3)c2c1=O. The van der Waals surface area contributed by atoms with Crippen LogP contribution in [0.15, 0.2) is 59.0 Å². The van der Waals surface area contributed by atoms with Crippen LogP contribution in [-0.2, 0) is 6.54 Å². The van der Waals surface area contributed by atoms with Crippen molar-refractivity contribution in [2.45, 2.75) is 13.5 Å². The number of ether oxygens (including phenoxy) is 1. The number of rotatable bonds is 5. The Labute approximate surface area is 165 Å². The lowest BCUT2D eigenvalue weighted by molar-refractivity contribution is 0.112. The summed E-state index contributed by atoms with van der Waals surface area (Å²) in [5.74, 6) is 0.627. The van der Waals surface area contributed by atoms with E-state index in [-0.39, 0.29) is 12.1 Å². The van der Waals surface area contributed by atoms with E-state index >= 15 is 0 Å². The van der Waals surface area contributed by atoms with Crippen molar-refractivity contribution in [3.05, 3.63) is 81.2 Å². The number of hydrogen-bond donors (Lipinski definition) is 0. The fourth-order valence-electron chi connectivity index (χ4n) is 3.20. The molecule has 4 rings (SSSR count). The number of nitrogens with zero attached hydrogens (tertiary/aromatic N) is 2. The molecule has 2 aromatic carbocycles. The maximum absolute atomic E-state index is 13.2. The van der Waals surface area contributed by atoms with Crippen LogP contribution in [0.5, 0.6) is 5.75 Å². The first kappa shape index (κ1) is 18.1. The van der Waals surface area contributed by atoms with Crippen LogP contribution in [0.25, 0.3) is 21.3 Å². The Hall–Kier alpha value is -3.25. The molecule has 2 aromatic heterocycles. The van der Waals surface area contributed by atoms with Crippen molar-refractivity contribution in [3.63, 3.8) is 0 Å². The van der Waals surface area contributed by atoms with Crippen LogP contribution < -0.4 is 10.3 Å². The lowest BCUT2D eigenvalue weighted by Gasteiger charge is -2.11. The third-order valence-corrected chi connectivity index (χ3v) is 5.59. The van der Waals surface area contributed by atoms with Gasteiger partial charge in [-0.15, -0.1) is 11.3 Å². The number of aromatic nitrogens is 2. The van der Waals surface area contributed by atoms with Crippen molar-refractivity contribution in [2.75, 3.05) is 7.11 Å². The molecule has 0 aliphatic heterocycles. The maximum atomic E-state index is 13.2. The van der Waals surface area contributed by atoms with Crippen molar-refractivity contribution in [3.8, 4) is 16.9 Å². The predicted molar refractivity (Wildman–Crippen MR) is 112 cm³/mol. The third-order valence-electron chi connectivity index (χ3n) is 4.70. The van der Waals surface area contributed by atoms with Gasteiger partial charge in [-0.1, -0.05) is 29.8 Å². The van der Waals surface area contributed by atoms with Crippen molar-refractivity contribution >= 4 is 27.8 Å². The van der Waals surface area contributed by atoms with Gasteiger partial charge in [-0.05, 0) is 30.7 Å². The molecule has 0 N–H and O–H groups in total. The predicted octanol–water partition coefficient (Wildman–Crippen LogP) is 4.30. The summed E-state index contributed by atoms with van der Waals surface area (Å²) in [6.45, 7) is 2.31. The number of benzene rings is 2. The van der Waals surface area contributed by atoms with E-state index in [4.69, 9.17) is 4.74 Å². The molecule has 0 atom stereocenters. The van der Waals surface area contributed by atoms with E-state index in [0.717, 1.165) is 23.0 Å². The molecule has 6 heteroatoms. The number of hydrogen-bond acceptors (Lipinski definition) is 5. The van der Waals surface area contributed by atoms with Crippen LogP contribution in [0, 0.1) is 6.92 Å². The first-order valence-corrected chi connectivity index (χ1v) is 9.64. The highest BCUT2D eigenvalue weighted by molar-refractivity contribution is 7.17. The van der Waals surface area contributed by atoms with E-state index < -0.39 is 0 Å². The fourth-order valence-corrected chi connectivity index (χ4v) is 4.11. The van der Waals surface area contributed by atoms with E-state index in [1.54, 1.807) is 36.2 Å². The fraction of sp³-hybridized carbons (Fsp3) is 0.136. The van der Waals surface area contributed by atoms with Gasteiger partial charge < -0.3 is 4.74 Å². The van der Waals surface area contributed by atoms with Gasteiger partial charge in [-0.3, -0.25) is 14.2 Å². The zero-order valence-corrected chi connectivity index (χ0v) is 16.3. The third kappa shape index (κ3) is 3.23. The van der Waals surface area contributed by atoms with E-state index in [0.29, 0.717) is 21.5 Å². The van der Waals surface area contributed by atoms with Gasteiger partial charge in [-0.2, -0.15) is 0 Å². The largest absolute Gasteiger partial charge is 0.496 e. The van der Waals surface area contributed by atoms with Crippen molar-refractivity contribution in [1.82, 2.24) is 9.55 Å². The first-order valence-electron chi connectivity index (χ1n) is 8.76. The summed E-state index contributed by atoms with van der Waals surface area (Å²) in [4.78, 5) is 29.5. The molecule has 5 nitrogen and oxygen atoms in total. The molecule has 0 aliphatic carbocycles. The topological polar surface area (TPSA) is 61.2 Å². The molecule has 4 aromatic rings. The standard InChI is InChI=1S/C22H18N2O3S/c1-14-3-6-16(7-4-14)18-12-28-21-20(18)22(26)24(13-23-21)10-17-9-15(11-25)5-8-19(17)27-2/h3-9,11-13H,10H2,1-2H3. The highest BCUT2D eigenvalue weighted by Gasteiger charge is 2.14. The Morgan fingerprint density at radius 2 is 1.96 bits per heavy atom. The number of aryl methyl sites for hydroxylation is 1. The smallest absolute Gasteiger partial charge is 0.263 e. The Kier molecular flexibility index (Phi) is 4.79. The van der Waals surface area contributed by atoms with Crippen LogP contribution in [-0.4, -0.2) is 22.9 Å². The molecule has 0 radical (unpaired) electrons. The monoisotopic (exact) mass is 390 g/mol. The molecule has 140 valence electrons. The summed E-state index contributed by atoms with van der Waals surface area (Å²) in [6.07, 6.45) is 2.33. The molecular formula is C22H18N2O3S. The second kappa shape index (κ2) is 7.40. The van der Waals surface area contributed by atoms with Gasteiger partial charge in [-0.25, -0.2) is 4.98 Å². The highest BCUT2D eigenvalue weighted by atomic mass is 32.1. The minimum absolute atomic E-state index is 0.111. The van der Waals surface area contributed by atoms with E-state index in [9.17, 15) is 9.59 Å². The highest BCUT2D eigenvalue weighted by Crippen LogP contribution is 2.31. The second-order valence-corrected chi connectivity index (χ2v) is 7.42. The van der Waals surface area contributed by atoms with Gasteiger partial charge in [0.1, 0.15) is 16.9 Å². The number of carbonyl (C=O) groups excluding carboxylic acids is 1. The summed E-state index contributed by atoms with van der Waals surface area (Å²) < 4.78 is 6.94. The average Bonchev–Trinajstić information content (AvgIpc) is 3.15. The zero-order chi connectivity index (χ0) is 19.7. The number of aldehydes is 1. The summed E-state index contributed by atoms with van der Waals surface area (Å²) in [5, 5.41) is 2.59. The van der Waals surface area contributed by atoms with Gasteiger partial charge in [0, 0.05) is 22.1 Å². The van der Waals surface area contributed by atoms with Crippen LogP contribution in [0.1, 0.15) is 21.5 Å². The summed E-state index contributed by atoms with van der Waals surface area (Å²) in [5.41, 5.74) is 4.23. The Bertz CT molecular complexity index is 1220. The normalized spacial score (nSPS) is 10.9. The lowest BCUT2D eigenvalue weighted by atomic mass is 10.0. The number of methoxy groups -OCH3 is 1. The number of carbonyl (C=O) groups is 1. The van der Waals surface area contributed by atoms with E-state index in [2.05, 4.69) is 4.98 Å². The summed E-state index contributed by atoms with van der Waals surface area (Å²) in [6, 6.07) is 13.3. The van der Waals surface area contributed by atoms with Crippen molar-refractivity contribution < 1.29 is 9.53 Å². The molecule has 0 bridgehead atoms. The number of fused-ring (bicyclic) bond motifs is 1. The molecule has 28 heavy (non-hydrogen) atoms. The quantitative estimate of drug-likeness (QED) is 0.477.